The van der Waals surface area contributed by atoms with Crippen molar-refractivity contribution in [3.63, 3.8) is 0 Å². The first-order chi connectivity index (χ1) is 18.1. The number of amides is 3. The SMILES string of the molecule is C#Cc1ccc(C(C(=O)Nc2c(C)cccc2Cl)N(C(=O)C(CC(C)C)NC(=O)OC(C)(C)C)C(C)C)cc1. The van der Waals surface area contributed by atoms with E-state index in [9.17, 15) is 14.4 Å². The number of aryl methyl sites for hydroxylation is 1. The van der Waals surface area contributed by atoms with Crippen molar-refractivity contribution in [1.82, 2.24) is 10.2 Å². The normalized spacial score (nSPS) is 12.9. The molecule has 0 bridgehead atoms. The van der Waals surface area contributed by atoms with E-state index in [2.05, 4.69) is 16.6 Å². The fourth-order valence-electron chi connectivity index (χ4n) is 4.18. The highest BCUT2D eigenvalue weighted by Gasteiger charge is 2.38. The average molecular weight is 554 g/mol. The fraction of sp³-hybridized carbons (Fsp3) is 0.452. The highest BCUT2D eigenvalue weighted by Crippen LogP contribution is 2.31. The van der Waals surface area contributed by atoms with Crippen LogP contribution < -0.4 is 10.6 Å². The van der Waals surface area contributed by atoms with Crippen molar-refractivity contribution >= 4 is 35.2 Å². The van der Waals surface area contributed by atoms with E-state index >= 15 is 0 Å². The third-order valence-corrected chi connectivity index (χ3v) is 6.21. The molecule has 0 saturated carbocycles. The van der Waals surface area contributed by atoms with E-state index in [0.717, 1.165) is 5.56 Å². The highest BCUT2D eigenvalue weighted by atomic mass is 35.5. The summed E-state index contributed by atoms with van der Waals surface area (Å²) < 4.78 is 5.43. The van der Waals surface area contributed by atoms with Crippen LogP contribution in [0.25, 0.3) is 0 Å². The molecule has 0 heterocycles. The lowest BCUT2D eigenvalue weighted by Gasteiger charge is -2.37. The first-order valence-electron chi connectivity index (χ1n) is 13.1. The Balaban J connectivity index is 2.58. The number of terminal acetylenes is 1. The number of hydrogen-bond acceptors (Lipinski definition) is 4. The number of carbonyl (C=O) groups is 3. The van der Waals surface area contributed by atoms with Crippen LogP contribution in [-0.4, -0.2) is 40.5 Å². The van der Waals surface area contributed by atoms with Gasteiger partial charge in [0.25, 0.3) is 5.91 Å². The van der Waals surface area contributed by atoms with Crippen LogP contribution in [0.5, 0.6) is 0 Å². The first kappa shape index (κ1) is 31.7. The van der Waals surface area contributed by atoms with E-state index in [1.165, 1.54) is 4.90 Å². The molecular weight excluding hydrogens is 514 g/mol. The van der Waals surface area contributed by atoms with Crippen molar-refractivity contribution in [2.45, 2.75) is 85.5 Å². The van der Waals surface area contributed by atoms with Gasteiger partial charge in [0.1, 0.15) is 17.7 Å². The average Bonchev–Trinajstić information content (AvgIpc) is 2.82. The molecule has 0 aromatic heterocycles. The molecule has 0 aliphatic carbocycles. The van der Waals surface area contributed by atoms with Gasteiger partial charge in [-0.1, -0.05) is 55.6 Å². The number of carbonyl (C=O) groups excluding carboxylic acids is 3. The van der Waals surface area contributed by atoms with Gasteiger partial charge in [-0.3, -0.25) is 9.59 Å². The molecule has 0 saturated heterocycles. The number of benzene rings is 2. The van der Waals surface area contributed by atoms with Crippen LogP contribution >= 0.6 is 11.6 Å². The number of nitrogens with one attached hydrogen (secondary N) is 2. The number of anilines is 1. The summed E-state index contributed by atoms with van der Waals surface area (Å²) >= 11 is 6.41. The van der Waals surface area contributed by atoms with Gasteiger partial charge in [-0.2, -0.15) is 0 Å². The minimum absolute atomic E-state index is 0.0795. The van der Waals surface area contributed by atoms with Crippen LogP contribution in [0.3, 0.4) is 0 Å². The van der Waals surface area contributed by atoms with Crippen molar-refractivity contribution in [2.24, 2.45) is 5.92 Å². The van der Waals surface area contributed by atoms with E-state index in [4.69, 9.17) is 22.8 Å². The van der Waals surface area contributed by atoms with E-state index in [0.29, 0.717) is 28.3 Å². The van der Waals surface area contributed by atoms with Gasteiger partial charge >= 0.3 is 6.09 Å². The summed E-state index contributed by atoms with van der Waals surface area (Å²) in [5.41, 5.74) is 1.73. The van der Waals surface area contributed by atoms with Crippen LogP contribution in [-0.2, 0) is 14.3 Å². The van der Waals surface area contributed by atoms with Crippen molar-refractivity contribution < 1.29 is 19.1 Å². The molecule has 0 aliphatic heterocycles. The Kier molecular flexibility index (Phi) is 11.0. The Morgan fingerprint density at radius 2 is 1.67 bits per heavy atom. The number of para-hydroxylation sites is 1. The molecule has 0 spiro atoms. The molecule has 0 fully saturated rings. The largest absolute Gasteiger partial charge is 0.444 e. The number of rotatable bonds is 9. The predicted octanol–water partition coefficient (Wildman–Crippen LogP) is 6.49. The maximum Gasteiger partial charge on any atom is 0.408 e. The molecule has 210 valence electrons. The summed E-state index contributed by atoms with van der Waals surface area (Å²) in [5.74, 6) is 1.81. The second-order valence-electron chi connectivity index (χ2n) is 11.3. The maximum atomic E-state index is 14.2. The Morgan fingerprint density at radius 3 is 2.15 bits per heavy atom. The zero-order valence-corrected chi connectivity index (χ0v) is 24.8. The lowest BCUT2D eigenvalue weighted by Crippen LogP contribution is -2.54. The quantitative estimate of drug-likeness (QED) is 0.348. The smallest absolute Gasteiger partial charge is 0.408 e. The van der Waals surface area contributed by atoms with Gasteiger partial charge in [-0.15, -0.1) is 6.42 Å². The minimum atomic E-state index is -1.03. The van der Waals surface area contributed by atoms with Gasteiger partial charge in [0.2, 0.25) is 5.91 Å². The van der Waals surface area contributed by atoms with Crippen LogP contribution in [0.1, 0.15) is 77.6 Å². The summed E-state index contributed by atoms with van der Waals surface area (Å²) in [6, 6.07) is 9.91. The molecule has 3 amide bonds. The lowest BCUT2D eigenvalue weighted by molar-refractivity contribution is -0.143. The van der Waals surface area contributed by atoms with Gasteiger partial charge in [0.15, 0.2) is 0 Å². The topological polar surface area (TPSA) is 87.7 Å². The predicted molar refractivity (Wildman–Crippen MR) is 157 cm³/mol. The second-order valence-corrected chi connectivity index (χ2v) is 11.7. The van der Waals surface area contributed by atoms with Crippen molar-refractivity contribution in [1.29, 1.82) is 0 Å². The highest BCUT2D eigenvalue weighted by molar-refractivity contribution is 6.34. The third kappa shape index (κ3) is 9.04. The molecule has 0 aliphatic rings. The zero-order chi connectivity index (χ0) is 29.5. The van der Waals surface area contributed by atoms with Crippen molar-refractivity contribution in [3.05, 3.63) is 64.2 Å². The van der Waals surface area contributed by atoms with E-state index in [1.807, 2.05) is 40.7 Å². The van der Waals surface area contributed by atoms with Crippen LogP contribution in [0.2, 0.25) is 5.02 Å². The summed E-state index contributed by atoms with van der Waals surface area (Å²) in [6.45, 7) is 14.7. The van der Waals surface area contributed by atoms with Crippen molar-refractivity contribution in [3.8, 4) is 12.3 Å². The van der Waals surface area contributed by atoms with Gasteiger partial charge in [0.05, 0.1) is 10.7 Å². The van der Waals surface area contributed by atoms with E-state index in [-0.39, 0.29) is 5.92 Å². The Labute approximate surface area is 237 Å². The molecule has 8 heteroatoms. The van der Waals surface area contributed by atoms with Crippen LogP contribution in [0.15, 0.2) is 42.5 Å². The molecule has 2 atom stereocenters. The molecule has 2 unspecified atom stereocenters. The van der Waals surface area contributed by atoms with Gasteiger partial charge < -0.3 is 20.3 Å². The molecule has 2 aromatic carbocycles. The number of nitrogens with zero attached hydrogens (tertiary/aromatic N) is 1. The summed E-state index contributed by atoms with van der Waals surface area (Å²) in [7, 11) is 0. The van der Waals surface area contributed by atoms with Crippen molar-refractivity contribution in [2.75, 3.05) is 5.32 Å². The van der Waals surface area contributed by atoms with Crippen LogP contribution in [0, 0.1) is 25.2 Å². The summed E-state index contributed by atoms with van der Waals surface area (Å²) in [4.78, 5) is 42.3. The number of ether oxygens (including phenoxy) is 1. The monoisotopic (exact) mass is 553 g/mol. The Bertz CT molecular complexity index is 1190. The summed E-state index contributed by atoms with van der Waals surface area (Å²) in [6.07, 6.45) is 5.20. The maximum absolute atomic E-state index is 14.2. The molecule has 2 rings (SSSR count). The molecule has 39 heavy (non-hydrogen) atoms. The Morgan fingerprint density at radius 1 is 1.05 bits per heavy atom. The van der Waals surface area contributed by atoms with Gasteiger partial charge in [0, 0.05) is 11.6 Å². The minimum Gasteiger partial charge on any atom is -0.444 e. The van der Waals surface area contributed by atoms with E-state index < -0.39 is 41.6 Å². The molecule has 0 radical (unpaired) electrons. The standard InChI is InChI=1S/C31H40ClN3O4/c1-10-22-14-16-23(17-15-22)27(28(36)34-26-21(6)12-11-13-24(26)32)35(20(4)5)29(37)25(18-19(2)3)33-30(38)39-31(7,8)9/h1,11-17,19-20,25,27H,18H2,2-9H3,(H,33,38)(H,34,36). The fourth-order valence-corrected chi connectivity index (χ4v) is 4.45. The lowest BCUT2D eigenvalue weighted by atomic mass is 9.97. The van der Waals surface area contributed by atoms with Gasteiger partial charge in [-0.05, 0) is 83.2 Å². The number of alkyl carbamates (subject to hydrolysis) is 1. The zero-order valence-electron chi connectivity index (χ0n) is 24.1. The van der Waals surface area contributed by atoms with Gasteiger partial charge in [-0.25, -0.2) is 4.79 Å². The van der Waals surface area contributed by atoms with E-state index in [1.54, 1.807) is 57.2 Å². The second kappa shape index (κ2) is 13.5. The first-order valence-corrected chi connectivity index (χ1v) is 13.5. The number of halogens is 1. The molecule has 2 aromatic rings. The van der Waals surface area contributed by atoms with Crippen LogP contribution in [0.4, 0.5) is 10.5 Å². The molecular formula is C31H40ClN3O4. The number of hydrogen-bond donors (Lipinski definition) is 2. The third-order valence-electron chi connectivity index (χ3n) is 5.90. The molecule has 7 nitrogen and oxygen atoms in total. The Hall–Kier alpha value is -3.50. The molecule has 2 N–H and O–H groups in total. The summed E-state index contributed by atoms with van der Waals surface area (Å²) in [5, 5.41) is 6.06.